The number of H-pyrrole nitrogens is 1. The number of para-hydroxylation sites is 2. The summed E-state index contributed by atoms with van der Waals surface area (Å²) in [6.07, 6.45) is 1.70. The van der Waals surface area contributed by atoms with Gasteiger partial charge in [0.25, 0.3) is 5.69 Å². The van der Waals surface area contributed by atoms with E-state index >= 15 is 0 Å². The number of benzene rings is 2. The molecule has 0 aliphatic heterocycles. The lowest BCUT2D eigenvalue weighted by Gasteiger charge is -2.28. The molecule has 3 rings (SSSR count). The lowest BCUT2D eigenvalue weighted by molar-refractivity contribution is -0.387. The number of aromatic nitrogens is 1. The van der Waals surface area contributed by atoms with E-state index in [9.17, 15) is 33.2 Å². The van der Waals surface area contributed by atoms with Crippen LogP contribution in [0.15, 0.2) is 59.6 Å². The van der Waals surface area contributed by atoms with E-state index in [1.807, 2.05) is 18.2 Å². The van der Waals surface area contributed by atoms with Crippen LogP contribution in [0.2, 0.25) is 0 Å². The molecule has 0 unspecified atom stereocenters. The minimum Gasteiger partial charge on any atom is -0.480 e. The number of aliphatic carboxylic acids is 1. The van der Waals surface area contributed by atoms with Gasteiger partial charge in [0, 0.05) is 36.6 Å². The van der Waals surface area contributed by atoms with Crippen molar-refractivity contribution in [2.75, 3.05) is 7.05 Å². The SMILES string of the molecule is CC(C)C[C@H](NC(=O)[C@@H](Cc1c[nH]c2ccccc12)N(C)S(=O)(=O)c1ccccc1[N+](=O)[O-])C(=O)O. The summed E-state index contributed by atoms with van der Waals surface area (Å²) in [4.78, 5) is 38.4. The van der Waals surface area contributed by atoms with Crippen molar-refractivity contribution in [3.63, 3.8) is 0 Å². The quantitative estimate of drug-likeness (QED) is 0.261. The van der Waals surface area contributed by atoms with E-state index in [4.69, 9.17) is 0 Å². The number of carbonyl (C=O) groups is 2. The van der Waals surface area contributed by atoms with Crippen molar-refractivity contribution in [3.05, 3.63) is 70.4 Å². The van der Waals surface area contributed by atoms with Gasteiger partial charge in [-0.25, -0.2) is 13.2 Å². The van der Waals surface area contributed by atoms with Gasteiger partial charge in [-0.15, -0.1) is 0 Å². The molecule has 3 N–H and O–H groups in total. The van der Waals surface area contributed by atoms with E-state index < -0.39 is 49.5 Å². The molecule has 192 valence electrons. The van der Waals surface area contributed by atoms with Crippen molar-refractivity contribution in [2.45, 2.75) is 43.7 Å². The van der Waals surface area contributed by atoms with E-state index in [1.165, 1.54) is 12.1 Å². The summed E-state index contributed by atoms with van der Waals surface area (Å²) in [6.45, 7) is 3.60. The number of fused-ring (bicyclic) bond motifs is 1. The number of aromatic amines is 1. The average Bonchev–Trinajstić information content (AvgIpc) is 3.24. The highest BCUT2D eigenvalue weighted by molar-refractivity contribution is 7.89. The molecule has 0 fully saturated rings. The first-order valence-corrected chi connectivity index (χ1v) is 12.7. The summed E-state index contributed by atoms with van der Waals surface area (Å²) in [5, 5.41) is 24.3. The molecule has 36 heavy (non-hydrogen) atoms. The van der Waals surface area contributed by atoms with Crippen LogP contribution in [-0.4, -0.2) is 58.7 Å². The Hall–Kier alpha value is -3.77. The molecule has 2 atom stereocenters. The number of nitrogens with one attached hydrogen (secondary N) is 2. The maximum absolute atomic E-state index is 13.5. The monoisotopic (exact) mass is 516 g/mol. The van der Waals surface area contributed by atoms with Crippen LogP contribution in [0.1, 0.15) is 25.8 Å². The van der Waals surface area contributed by atoms with E-state index in [0.29, 0.717) is 5.56 Å². The molecule has 1 heterocycles. The number of carboxylic acid groups (broad SMARTS) is 1. The minimum atomic E-state index is -4.52. The Kier molecular flexibility index (Phi) is 8.10. The zero-order chi connectivity index (χ0) is 26.6. The zero-order valence-corrected chi connectivity index (χ0v) is 20.9. The van der Waals surface area contributed by atoms with Crippen molar-refractivity contribution in [1.29, 1.82) is 0 Å². The number of nitro groups is 1. The molecule has 12 heteroatoms. The summed E-state index contributed by atoms with van der Waals surface area (Å²) < 4.78 is 27.8. The number of nitro benzene ring substituents is 1. The molecular formula is C24H28N4O7S. The normalized spacial score (nSPS) is 13.6. The molecular weight excluding hydrogens is 488 g/mol. The van der Waals surface area contributed by atoms with Crippen molar-refractivity contribution in [2.24, 2.45) is 5.92 Å². The van der Waals surface area contributed by atoms with Gasteiger partial charge in [0.1, 0.15) is 12.1 Å². The van der Waals surface area contributed by atoms with Crippen molar-refractivity contribution in [1.82, 2.24) is 14.6 Å². The van der Waals surface area contributed by atoms with Gasteiger partial charge < -0.3 is 15.4 Å². The van der Waals surface area contributed by atoms with Crippen LogP contribution in [0, 0.1) is 16.0 Å². The molecule has 11 nitrogen and oxygen atoms in total. The molecule has 0 saturated carbocycles. The number of carboxylic acids is 1. The highest BCUT2D eigenvalue weighted by Crippen LogP contribution is 2.28. The van der Waals surface area contributed by atoms with Crippen LogP contribution in [0.5, 0.6) is 0 Å². The van der Waals surface area contributed by atoms with Crippen LogP contribution in [0.25, 0.3) is 10.9 Å². The Morgan fingerprint density at radius 1 is 1.14 bits per heavy atom. The van der Waals surface area contributed by atoms with Crippen LogP contribution in [0.4, 0.5) is 5.69 Å². The Morgan fingerprint density at radius 3 is 2.42 bits per heavy atom. The van der Waals surface area contributed by atoms with Crippen molar-refractivity contribution >= 4 is 38.5 Å². The van der Waals surface area contributed by atoms with E-state index in [-0.39, 0.29) is 18.8 Å². The van der Waals surface area contributed by atoms with Gasteiger partial charge in [0.15, 0.2) is 4.90 Å². The number of carbonyl (C=O) groups excluding carboxylic acids is 1. The predicted molar refractivity (Wildman–Crippen MR) is 133 cm³/mol. The molecule has 1 amide bonds. The van der Waals surface area contributed by atoms with Crippen LogP contribution >= 0.6 is 0 Å². The standard InChI is InChI=1S/C24H28N4O7S/c1-15(2)12-19(24(30)31)26-23(29)21(13-16-14-25-18-9-5-4-8-17(16)18)27(3)36(34,35)22-11-7-6-10-20(22)28(32)33/h4-11,14-15,19,21,25H,12-13H2,1-3H3,(H,26,29)(H,30,31)/t19-,21+/m0/s1. The van der Waals surface area contributed by atoms with Crippen molar-refractivity contribution < 1.29 is 28.0 Å². The summed E-state index contributed by atoms with van der Waals surface area (Å²) >= 11 is 0. The van der Waals surface area contributed by atoms with Crippen LogP contribution < -0.4 is 5.32 Å². The Bertz CT molecular complexity index is 1380. The topological polar surface area (TPSA) is 163 Å². The molecule has 2 aromatic carbocycles. The van der Waals surface area contributed by atoms with Crippen LogP contribution in [0.3, 0.4) is 0 Å². The predicted octanol–water partition coefficient (Wildman–Crippen LogP) is 2.92. The molecule has 0 radical (unpaired) electrons. The van der Waals surface area contributed by atoms with Crippen molar-refractivity contribution in [3.8, 4) is 0 Å². The molecule has 0 aliphatic carbocycles. The molecule has 3 aromatic rings. The second-order valence-electron chi connectivity index (χ2n) is 8.85. The Labute approximate surface area is 208 Å². The summed E-state index contributed by atoms with van der Waals surface area (Å²) in [7, 11) is -3.37. The lowest BCUT2D eigenvalue weighted by atomic mass is 10.0. The third-order valence-corrected chi connectivity index (χ3v) is 7.78. The highest BCUT2D eigenvalue weighted by atomic mass is 32.2. The first kappa shape index (κ1) is 26.8. The Balaban J connectivity index is 2.05. The zero-order valence-electron chi connectivity index (χ0n) is 20.0. The van der Waals surface area contributed by atoms with Gasteiger partial charge in [-0.05, 0) is 30.0 Å². The van der Waals surface area contributed by atoms with Gasteiger partial charge in [0.05, 0.1) is 4.92 Å². The maximum Gasteiger partial charge on any atom is 0.326 e. The number of likely N-dealkylation sites (N-methyl/N-ethyl adjacent to an activating group) is 1. The van der Waals surface area contributed by atoms with Gasteiger partial charge >= 0.3 is 5.97 Å². The smallest absolute Gasteiger partial charge is 0.326 e. The second kappa shape index (κ2) is 10.9. The summed E-state index contributed by atoms with van der Waals surface area (Å²) in [5.74, 6) is -2.11. The number of amides is 1. The number of rotatable bonds is 11. The number of hydrogen-bond donors (Lipinski definition) is 3. The molecule has 0 spiro atoms. The fourth-order valence-corrected chi connectivity index (χ4v) is 5.48. The summed E-state index contributed by atoms with van der Waals surface area (Å²) in [5.41, 5.74) is 0.781. The lowest BCUT2D eigenvalue weighted by Crippen LogP contribution is -2.53. The highest BCUT2D eigenvalue weighted by Gasteiger charge is 2.38. The third-order valence-electron chi connectivity index (χ3n) is 5.87. The first-order valence-electron chi connectivity index (χ1n) is 11.2. The van der Waals surface area contributed by atoms with Gasteiger partial charge in [0.2, 0.25) is 15.9 Å². The van der Waals surface area contributed by atoms with Gasteiger partial charge in [-0.1, -0.05) is 44.2 Å². The Morgan fingerprint density at radius 2 is 1.78 bits per heavy atom. The van der Waals surface area contributed by atoms with Crippen LogP contribution in [-0.2, 0) is 26.0 Å². The average molecular weight is 517 g/mol. The molecule has 0 saturated heterocycles. The molecule has 0 aliphatic rings. The first-order chi connectivity index (χ1) is 16.9. The maximum atomic E-state index is 13.5. The number of sulfonamides is 1. The molecule has 0 bridgehead atoms. The second-order valence-corrected chi connectivity index (χ2v) is 10.8. The third kappa shape index (κ3) is 5.71. The fraction of sp³-hybridized carbons (Fsp3) is 0.333. The number of nitrogens with zero attached hydrogens (tertiary/aromatic N) is 2. The van der Waals surface area contributed by atoms with Gasteiger partial charge in [-0.2, -0.15) is 4.31 Å². The van der Waals surface area contributed by atoms with E-state index in [2.05, 4.69) is 10.3 Å². The molecule has 1 aromatic heterocycles. The summed E-state index contributed by atoms with van der Waals surface area (Å²) in [6, 6.07) is 9.50. The van der Waals surface area contributed by atoms with E-state index in [0.717, 1.165) is 34.4 Å². The van der Waals surface area contributed by atoms with Gasteiger partial charge in [-0.3, -0.25) is 14.9 Å². The number of hydrogen-bond acceptors (Lipinski definition) is 6. The van der Waals surface area contributed by atoms with E-state index in [1.54, 1.807) is 26.1 Å². The minimum absolute atomic E-state index is 0.0492. The fourth-order valence-electron chi connectivity index (χ4n) is 4.00. The largest absolute Gasteiger partial charge is 0.480 e.